The summed E-state index contributed by atoms with van der Waals surface area (Å²) in [5, 5.41) is 3.44. The minimum absolute atomic E-state index is 0.0783. The van der Waals surface area contributed by atoms with Crippen LogP contribution in [0.25, 0.3) is 5.57 Å². The lowest BCUT2D eigenvalue weighted by Crippen LogP contribution is -2.31. The molecule has 2 aromatic carbocycles. The number of unbranched alkanes of at least 4 members (excludes halogenated alkanes) is 1. The molecule has 1 N–H and O–H groups in total. The molecular formula is C26H27NO4S. The molecule has 0 saturated carbocycles. The monoisotopic (exact) mass is 449 g/mol. The van der Waals surface area contributed by atoms with Gasteiger partial charge >= 0.3 is 5.97 Å². The quantitative estimate of drug-likeness (QED) is 0.356. The maximum atomic E-state index is 13.4. The summed E-state index contributed by atoms with van der Waals surface area (Å²) < 4.78 is 10.9. The Morgan fingerprint density at radius 1 is 1.06 bits per heavy atom. The molecule has 0 radical (unpaired) electrons. The number of benzene rings is 2. The Kier molecular flexibility index (Phi) is 7.00. The first kappa shape index (κ1) is 22.2. The number of rotatable bonds is 7. The third-order valence-electron chi connectivity index (χ3n) is 5.80. The number of hydrogen-bond donors (Lipinski definition) is 1. The normalized spacial score (nSPS) is 17.7. The smallest absolute Gasteiger partial charge is 0.302 e. The van der Waals surface area contributed by atoms with Crippen molar-refractivity contribution in [3.63, 3.8) is 0 Å². The largest absolute Gasteiger partial charge is 0.494 e. The van der Waals surface area contributed by atoms with Gasteiger partial charge in [0, 0.05) is 18.1 Å². The highest BCUT2D eigenvalue weighted by atomic mass is 32.1. The molecule has 1 atom stereocenters. The van der Waals surface area contributed by atoms with E-state index in [9.17, 15) is 9.59 Å². The SMILES string of the molecule is CC(=O)OCCCCOc1cccc(C2NC(=S)CCCC3=C2C(=O)c2ccccc23)c1. The van der Waals surface area contributed by atoms with E-state index in [0.29, 0.717) is 13.2 Å². The first-order chi connectivity index (χ1) is 15.5. The van der Waals surface area contributed by atoms with Gasteiger partial charge < -0.3 is 14.8 Å². The Labute approximate surface area is 193 Å². The summed E-state index contributed by atoms with van der Waals surface area (Å²) in [6.45, 7) is 2.34. The summed E-state index contributed by atoms with van der Waals surface area (Å²) in [6, 6.07) is 15.4. The summed E-state index contributed by atoms with van der Waals surface area (Å²) in [4.78, 5) is 25.0. The number of carbonyl (C=O) groups is 2. The second-order valence-corrected chi connectivity index (χ2v) is 8.58. The van der Waals surface area contributed by atoms with Crippen molar-refractivity contribution in [1.29, 1.82) is 0 Å². The maximum absolute atomic E-state index is 13.4. The summed E-state index contributed by atoms with van der Waals surface area (Å²) in [7, 11) is 0. The summed E-state index contributed by atoms with van der Waals surface area (Å²) >= 11 is 5.56. The molecule has 4 rings (SSSR count). The van der Waals surface area contributed by atoms with Crippen LogP contribution in [-0.4, -0.2) is 30.0 Å². The average Bonchev–Trinajstić information content (AvgIpc) is 3.04. The Morgan fingerprint density at radius 2 is 1.84 bits per heavy atom. The first-order valence-electron chi connectivity index (χ1n) is 11.1. The number of ketones is 1. The van der Waals surface area contributed by atoms with E-state index in [1.165, 1.54) is 6.92 Å². The van der Waals surface area contributed by atoms with Crippen LogP contribution in [0.1, 0.15) is 66.6 Å². The van der Waals surface area contributed by atoms with Crippen molar-refractivity contribution >= 4 is 34.5 Å². The number of fused-ring (bicyclic) bond motifs is 2. The van der Waals surface area contributed by atoms with Gasteiger partial charge in [-0.15, -0.1) is 0 Å². The fourth-order valence-electron chi connectivity index (χ4n) is 4.32. The number of Topliss-reactive ketones (excluding diaryl/α,β-unsaturated/α-hetero) is 1. The van der Waals surface area contributed by atoms with Crippen molar-refractivity contribution in [2.45, 2.75) is 45.1 Å². The van der Waals surface area contributed by atoms with E-state index in [1.54, 1.807) is 0 Å². The van der Waals surface area contributed by atoms with Crippen LogP contribution in [-0.2, 0) is 9.53 Å². The van der Waals surface area contributed by atoms with Crippen molar-refractivity contribution in [1.82, 2.24) is 5.32 Å². The molecule has 0 amide bonds. The van der Waals surface area contributed by atoms with Crippen LogP contribution < -0.4 is 10.1 Å². The zero-order valence-corrected chi connectivity index (χ0v) is 19.0. The number of esters is 1. The number of thiocarbonyl (C=S) groups is 1. The van der Waals surface area contributed by atoms with Gasteiger partial charge in [0.1, 0.15) is 5.75 Å². The first-order valence-corrected chi connectivity index (χ1v) is 11.5. The Balaban J connectivity index is 1.55. The zero-order valence-electron chi connectivity index (χ0n) is 18.2. The van der Waals surface area contributed by atoms with Gasteiger partial charge in [-0.3, -0.25) is 9.59 Å². The molecule has 0 spiro atoms. The average molecular weight is 450 g/mol. The van der Waals surface area contributed by atoms with Crippen LogP contribution in [0.4, 0.5) is 0 Å². The Hall–Kier alpha value is -2.99. The standard InChI is InChI=1S/C26H27NO4S/c1-17(28)30-14-4-5-15-31-19-9-6-8-18(16-19)25-24-21(12-7-13-23(32)27-25)20-10-2-3-11-22(20)26(24)29/h2-3,6,8-11,16,25H,4-5,7,12-15H2,1H3,(H,27,32). The van der Waals surface area contributed by atoms with Gasteiger partial charge in [0.05, 0.1) is 24.2 Å². The molecule has 32 heavy (non-hydrogen) atoms. The van der Waals surface area contributed by atoms with E-state index >= 15 is 0 Å². The number of hydrogen-bond acceptors (Lipinski definition) is 5. The second kappa shape index (κ2) is 10.1. The lowest BCUT2D eigenvalue weighted by atomic mass is 9.90. The highest BCUT2D eigenvalue weighted by molar-refractivity contribution is 7.80. The van der Waals surface area contributed by atoms with Crippen molar-refractivity contribution < 1.29 is 19.1 Å². The predicted octanol–water partition coefficient (Wildman–Crippen LogP) is 5.20. The summed E-state index contributed by atoms with van der Waals surface area (Å²) in [5.41, 5.74) is 4.71. The number of ether oxygens (including phenoxy) is 2. The Bertz CT molecular complexity index is 1080. The van der Waals surface area contributed by atoms with Crippen LogP contribution in [0.5, 0.6) is 5.75 Å². The highest BCUT2D eigenvalue weighted by Crippen LogP contribution is 2.43. The van der Waals surface area contributed by atoms with Gasteiger partial charge in [-0.05, 0) is 60.9 Å². The molecule has 1 aliphatic heterocycles. The molecule has 2 aromatic rings. The molecule has 5 nitrogen and oxygen atoms in total. The van der Waals surface area contributed by atoms with E-state index in [2.05, 4.69) is 5.32 Å². The van der Waals surface area contributed by atoms with E-state index < -0.39 is 0 Å². The van der Waals surface area contributed by atoms with Gasteiger partial charge in [0.2, 0.25) is 0 Å². The lowest BCUT2D eigenvalue weighted by molar-refractivity contribution is -0.141. The molecule has 0 bridgehead atoms. The fourth-order valence-corrected chi connectivity index (χ4v) is 4.58. The van der Waals surface area contributed by atoms with Gasteiger partial charge in [-0.1, -0.05) is 48.6 Å². The number of allylic oxidation sites excluding steroid dienone is 1. The van der Waals surface area contributed by atoms with E-state index in [4.69, 9.17) is 21.7 Å². The number of carbonyl (C=O) groups excluding carboxylic acids is 2. The van der Waals surface area contributed by atoms with E-state index in [0.717, 1.165) is 70.7 Å². The summed E-state index contributed by atoms with van der Waals surface area (Å²) in [6.07, 6.45) is 4.11. The zero-order chi connectivity index (χ0) is 22.5. The molecule has 0 saturated heterocycles. The van der Waals surface area contributed by atoms with Gasteiger partial charge in [0.25, 0.3) is 0 Å². The minimum Gasteiger partial charge on any atom is -0.494 e. The predicted molar refractivity (Wildman–Crippen MR) is 128 cm³/mol. The molecule has 1 aliphatic carbocycles. The topological polar surface area (TPSA) is 64.6 Å². The minimum atomic E-state index is -0.301. The van der Waals surface area contributed by atoms with Crippen LogP contribution in [0.2, 0.25) is 0 Å². The number of nitrogens with one attached hydrogen (secondary N) is 1. The molecule has 6 heteroatoms. The van der Waals surface area contributed by atoms with E-state index in [1.807, 2.05) is 48.5 Å². The van der Waals surface area contributed by atoms with Gasteiger partial charge in [0.15, 0.2) is 5.78 Å². The molecule has 2 aliphatic rings. The van der Waals surface area contributed by atoms with Gasteiger partial charge in [-0.2, -0.15) is 0 Å². The van der Waals surface area contributed by atoms with E-state index in [-0.39, 0.29) is 17.8 Å². The lowest BCUT2D eigenvalue weighted by Gasteiger charge is -2.26. The van der Waals surface area contributed by atoms with Crippen LogP contribution in [0, 0.1) is 0 Å². The van der Waals surface area contributed by atoms with Crippen molar-refractivity contribution in [3.8, 4) is 5.75 Å². The molecule has 166 valence electrons. The van der Waals surface area contributed by atoms with Crippen molar-refractivity contribution in [3.05, 3.63) is 70.8 Å². The molecule has 0 fully saturated rings. The van der Waals surface area contributed by atoms with Crippen molar-refractivity contribution in [2.24, 2.45) is 0 Å². The Morgan fingerprint density at radius 3 is 2.66 bits per heavy atom. The van der Waals surface area contributed by atoms with Gasteiger partial charge in [-0.25, -0.2) is 0 Å². The highest BCUT2D eigenvalue weighted by Gasteiger charge is 2.36. The van der Waals surface area contributed by atoms with Crippen molar-refractivity contribution in [2.75, 3.05) is 13.2 Å². The molecule has 0 aromatic heterocycles. The maximum Gasteiger partial charge on any atom is 0.302 e. The molecule has 1 heterocycles. The van der Waals surface area contributed by atoms with Crippen LogP contribution >= 0.6 is 12.2 Å². The fraction of sp³-hybridized carbons (Fsp3) is 0.346. The molecular weight excluding hydrogens is 422 g/mol. The molecule has 1 unspecified atom stereocenters. The third-order valence-corrected chi connectivity index (χ3v) is 6.12. The third kappa shape index (κ3) is 4.91. The summed E-state index contributed by atoms with van der Waals surface area (Å²) in [5.74, 6) is 0.560. The second-order valence-electron chi connectivity index (χ2n) is 8.09. The van der Waals surface area contributed by atoms with Crippen LogP contribution in [0.15, 0.2) is 54.1 Å². The van der Waals surface area contributed by atoms with Crippen LogP contribution in [0.3, 0.4) is 0 Å².